The first kappa shape index (κ1) is 15.2. The molecule has 0 saturated carbocycles. The second kappa shape index (κ2) is 5.43. The summed E-state index contributed by atoms with van der Waals surface area (Å²) in [6, 6.07) is 4.31. The number of nitrogen functional groups attached to an aromatic ring is 1. The Hall–Kier alpha value is -0.830. The minimum atomic E-state index is -3.92. The molecule has 0 unspecified atom stereocenters. The van der Waals surface area contributed by atoms with Gasteiger partial charge in [0.1, 0.15) is 14.7 Å². The van der Waals surface area contributed by atoms with Gasteiger partial charge in [0.2, 0.25) is 10.0 Å². The molecule has 0 fully saturated rings. The average Bonchev–Trinajstić information content (AvgIpc) is 2.13. The van der Waals surface area contributed by atoms with Crippen molar-refractivity contribution in [3.05, 3.63) is 23.2 Å². The van der Waals surface area contributed by atoms with Crippen molar-refractivity contribution in [2.24, 2.45) is 0 Å². The van der Waals surface area contributed by atoms with Crippen molar-refractivity contribution >= 4 is 37.1 Å². The van der Waals surface area contributed by atoms with Crippen LogP contribution in [0.15, 0.2) is 23.1 Å². The molecule has 18 heavy (non-hydrogen) atoms. The van der Waals surface area contributed by atoms with Crippen LogP contribution in [0.4, 0.5) is 5.69 Å². The van der Waals surface area contributed by atoms with Crippen LogP contribution in [0.5, 0.6) is 0 Å². The first-order valence-corrected chi connectivity index (χ1v) is 8.77. The van der Waals surface area contributed by atoms with E-state index in [9.17, 15) is 16.8 Å². The van der Waals surface area contributed by atoms with Crippen LogP contribution in [0.1, 0.15) is 0 Å². The van der Waals surface area contributed by atoms with Crippen molar-refractivity contribution in [3.63, 3.8) is 0 Å². The Balaban J connectivity index is 2.94. The van der Waals surface area contributed by atoms with Crippen LogP contribution in [-0.2, 0) is 19.9 Å². The van der Waals surface area contributed by atoms with Gasteiger partial charge in [0.25, 0.3) is 0 Å². The largest absolute Gasteiger partial charge is 0.398 e. The second-order valence-electron chi connectivity index (χ2n) is 3.69. The molecule has 0 bridgehead atoms. The van der Waals surface area contributed by atoms with E-state index in [2.05, 4.69) is 4.72 Å². The highest BCUT2D eigenvalue weighted by Crippen LogP contribution is 2.26. The molecule has 9 heteroatoms. The maximum Gasteiger partial charge on any atom is 0.244 e. The molecule has 0 aliphatic heterocycles. The number of hydrogen-bond donors (Lipinski definition) is 2. The number of benzene rings is 1. The number of halogens is 1. The molecule has 0 aliphatic carbocycles. The Morgan fingerprint density at radius 3 is 2.39 bits per heavy atom. The van der Waals surface area contributed by atoms with E-state index >= 15 is 0 Å². The van der Waals surface area contributed by atoms with Gasteiger partial charge in [0, 0.05) is 12.8 Å². The topological polar surface area (TPSA) is 106 Å². The third kappa shape index (κ3) is 4.13. The Labute approximate surface area is 111 Å². The molecule has 1 aromatic rings. The fraction of sp³-hybridized carbons (Fsp3) is 0.333. The van der Waals surface area contributed by atoms with Gasteiger partial charge in [-0.25, -0.2) is 21.6 Å². The molecule has 3 N–H and O–H groups in total. The van der Waals surface area contributed by atoms with E-state index in [-0.39, 0.29) is 27.9 Å². The summed E-state index contributed by atoms with van der Waals surface area (Å²) in [7, 11) is -7.16. The molecular weight excluding hydrogens is 300 g/mol. The molecule has 0 atom stereocenters. The third-order valence-electron chi connectivity index (χ3n) is 2.03. The van der Waals surface area contributed by atoms with Gasteiger partial charge in [0.15, 0.2) is 0 Å². The second-order valence-corrected chi connectivity index (χ2v) is 8.06. The highest BCUT2D eigenvalue weighted by atomic mass is 35.5. The third-order valence-corrected chi connectivity index (χ3v) is 4.98. The quantitative estimate of drug-likeness (QED) is 0.758. The predicted molar refractivity (Wildman–Crippen MR) is 70.8 cm³/mol. The highest BCUT2D eigenvalue weighted by Gasteiger charge is 2.20. The van der Waals surface area contributed by atoms with Gasteiger partial charge < -0.3 is 5.73 Å². The van der Waals surface area contributed by atoms with Gasteiger partial charge in [-0.2, -0.15) is 0 Å². The first-order valence-electron chi connectivity index (χ1n) is 4.85. The normalized spacial score (nSPS) is 12.6. The summed E-state index contributed by atoms with van der Waals surface area (Å²) in [5, 5.41) is -0.0122. The fourth-order valence-electron chi connectivity index (χ4n) is 1.24. The van der Waals surface area contributed by atoms with Gasteiger partial charge >= 0.3 is 0 Å². The van der Waals surface area contributed by atoms with Gasteiger partial charge in [-0.1, -0.05) is 17.7 Å². The maximum atomic E-state index is 11.9. The Bertz CT molecular complexity index is 620. The van der Waals surface area contributed by atoms with Crippen LogP contribution in [0.3, 0.4) is 0 Å². The number of sulfone groups is 1. The number of rotatable bonds is 5. The van der Waals surface area contributed by atoms with Crippen LogP contribution >= 0.6 is 11.6 Å². The number of nitrogens with two attached hydrogens (primary N) is 1. The summed E-state index contributed by atoms with van der Waals surface area (Å²) < 4.78 is 47.7. The molecule has 0 heterocycles. The predicted octanol–water partition coefficient (Wildman–Crippen LogP) is 0.245. The molecule has 0 radical (unpaired) electrons. The molecular formula is C9H13ClN2O4S2. The van der Waals surface area contributed by atoms with Crippen LogP contribution in [0.2, 0.25) is 5.02 Å². The lowest BCUT2D eigenvalue weighted by atomic mass is 10.3. The van der Waals surface area contributed by atoms with E-state index in [0.29, 0.717) is 0 Å². The van der Waals surface area contributed by atoms with Gasteiger partial charge in [-0.15, -0.1) is 0 Å². The maximum absolute atomic E-state index is 11.9. The minimum Gasteiger partial charge on any atom is -0.398 e. The molecule has 1 aromatic carbocycles. The first-order chi connectivity index (χ1) is 8.13. The van der Waals surface area contributed by atoms with Crippen molar-refractivity contribution < 1.29 is 16.8 Å². The summed E-state index contributed by atoms with van der Waals surface area (Å²) in [5.74, 6) is -0.295. The molecule has 102 valence electrons. The van der Waals surface area contributed by atoms with Crippen molar-refractivity contribution in [2.75, 3.05) is 24.3 Å². The van der Waals surface area contributed by atoms with Gasteiger partial charge in [0.05, 0.1) is 16.5 Å². The van der Waals surface area contributed by atoms with Crippen LogP contribution < -0.4 is 10.5 Å². The summed E-state index contributed by atoms with van der Waals surface area (Å²) in [4.78, 5) is -0.236. The zero-order valence-electron chi connectivity index (χ0n) is 9.55. The highest BCUT2D eigenvalue weighted by molar-refractivity contribution is 7.91. The Kier molecular flexibility index (Phi) is 4.60. The van der Waals surface area contributed by atoms with Crippen molar-refractivity contribution in [3.8, 4) is 0 Å². The lowest BCUT2D eigenvalue weighted by Gasteiger charge is -2.10. The SMILES string of the molecule is CS(=O)(=O)CCNS(=O)(=O)c1c(N)cccc1Cl. The minimum absolute atomic E-state index is 0.00866. The zero-order chi connectivity index (χ0) is 14.0. The van der Waals surface area contributed by atoms with Crippen molar-refractivity contribution in [1.82, 2.24) is 4.72 Å². The summed E-state index contributed by atoms with van der Waals surface area (Å²) in [6.45, 7) is -0.230. The fourth-order valence-corrected chi connectivity index (χ4v) is 3.55. The number of anilines is 1. The molecule has 0 amide bonds. The van der Waals surface area contributed by atoms with E-state index in [1.165, 1.54) is 18.2 Å². The zero-order valence-corrected chi connectivity index (χ0v) is 11.9. The lowest BCUT2D eigenvalue weighted by Crippen LogP contribution is -2.29. The smallest absolute Gasteiger partial charge is 0.244 e. The van der Waals surface area contributed by atoms with Crippen molar-refractivity contribution in [2.45, 2.75) is 4.90 Å². The molecule has 0 aromatic heterocycles. The Morgan fingerprint density at radius 1 is 1.28 bits per heavy atom. The summed E-state index contributed by atoms with van der Waals surface area (Å²) >= 11 is 5.77. The number of sulfonamides is 1. The molecule has 0 aliphatic rings. The molecule has 6 nitrogen and oxygen atoms in total. The van der Waals surface area contributed by atoms with Crippen LogP contribution in [0, 0.1) is 0 Å². The number of nitrogens with one attached hydrogen (secondary N) is 1. The summed E-state index contributed by atoms with van der Waals surface area (Å²) in [6.07, 6.45) is 1.02. The van der Waals surface area contributed by atoms with E-state index < -0.39 is 19.9 Å². The van der Waals surface area contributed by atoms with Gasteiger partial charge in [-0.3, -0.25) is 0 Å². The van der Waals surface area contributed by atoms with E-state index in [1.54, 1.807) is 0 Å². The molecule has 0 spiro atoms. The van der Waals surface area contributed by atoms with Crippen molar-refractivity contribution in [1.29, 1.82) is 0 Å². The lowest BCUT2D eigenvalue weighted by molar-refractivity contribution is 0.582. The molecule has 1 rings (SSSR count). The van der Waals surface area contributed by atoms with E-state index in [4.69, 9.17) is 17.3 Å². The average molecular weight is 313 g/mol. The van der Waals surface area contributed by atoms with Crippen LogP contribution in [-0.4, -0.2) is 35.4 Å². The standard InChI is InChI=1S/C9H13ClN2O4S2/c1-17(13,14)6-5-12-18(15,16)9-7(10)3-2-4-8(9)11/h2-4,12H,5-6,11H2,1H3. The van der Waals surface area contributed by atoms with Gasteiger partial charge in [-0.05, 0) is 12.1 Å². The number of hydrogen-bond acceptors (Lipinski definition) is 5. The van der Waals surface area contributed by atoms with Crippen LogP contribution in [0.25, 0.3) is 0 Å². The van der Waals surface area contributed by atoms with E-state index in [1.807, 2.05) is 0 Å². The summed E-state index contributed by atoms with van der Waals surface area (Å²) in [5.41, 5.74) is 5.55. The monoisotopic (exact) mass is 312 g/mol. The van der Waals surface area contributed by atoms with E-state index in [0.717, 1.165) is 6.26 Å². The molecule has 0 saturated heterocycles. The Morgan fingerprint density at radius 2 is 1.89 bits per heavy atom.